The van der Waals surface area contributed by atoms with Gasteiger partial charge in [-0.1, -0.05) is 18.6 Å². The fourth-order valence-electron chi connectivity index (χ4n) is 3.97. The van der Waals surface area contributed by atoms with Crippen molar-refractivity contribution in [1.82, 2.24) is 4.98 Å². The van der Waals surface area contributed by atoms with Crippen LogP contribution < -0.4 is 0 Å². The SMILES string of the molecule is CCCC(=O)[C@@H]1C(=O)CCCC1=NCCc1c(C)[nH]c2ccc(C)cc12. The molecular formula is C22H28N2O2. The fraction of sp³-hybridized carbons (Fsp3) is 0.500. The Labute approximate surface area is 155 Å². The summed E-state index contributed by atoms with van der Waals surface area (Å²) < 4.78 is 0. The Morgan fingerprint density at radius 2 is 2.08 bits per heavy atom. The first kappa shape index (κ1) is 18.6. The maximum Gasteiger partial charge on any atom is 0.149 e. The lowest BCUT2D eigenvalue weighted by molar-refractivity contribution is -0.130. The minimum atomic E-state index is -0.574. The molecule has 26 heavy (non-hydrogen) atoms. The Morgan fingerprint density at radius 3 is 2.85 bits per heavy atom. The van der Waals surface area contributed by atoms with Gasteiger partial charge >= 0.3 is 0 Å². The van der Waals surface area contributed by atoms with Crippen LogP contribution in [-0.2, 0) is 16.0 Å². The van der Waals surface area contributed by atoms with Crippen molar-refractivity contribution in [3.63, 3.8) is 0 Å². The molecule has 0 saturated heterocycles. The molecule has 1 fully saturated rings. The third-order valence-corrected chi connectivity index (χ3v) is 5.28. The van der Waals surface area contributed by atoms with E-state index in [1.807, 2.05) is 6.92 Å². The highest BCUT2D eigenvalue weighted by Crippen LogP contribution is 2.25. The summed E-state index contributed by atoms with van der Waals surface area (Å²) in [7, 11) is 0. The summed E-state index contributed by atoms with van der Waals surface area (Å²) in [5.41, 5.74) is 5.66. The van der Waals surface area contributed by atoms with Crippen LogP contribution in [0.5, 0.6) is 0 Å². The lowest BCUT2D eigenvalue weighted by Crippen LogP contribution is -2.35. The molecule has 1 heterocycles. The number of nitrogens with zero attached hydrogens (tertiary/aromatic N) is 1. The van der Waals surface area contributed by atoms with E-state index < -0.39 is 5.92 Å². The third kappa shape index (κ3) is 3.79. The summed E-state index contributed by atoms with van der Waals surface area (Å²) in [6.07, 6.45) is 4.18. The van der Waals surface area contributed by atoms with Crippen LogP contribution in [0.15, 0.2) is 23.2 Å². The Bertz CT molecular complexity index is 860. The molecule has 1 aromatic heterocycles. The molecular weight excluding hydrogens is 324 g/mol. The zero-order valence-electron chi connectivity index (χ0n) is 16.0. The molecule has 3 rings (SSSR count). The maximum absolute atomic E-state index is 12.4. The highest BCUT2D eigenvalue weighted by atomic mass is 16.1. The van der Waals surface area contributed by atoms with E-state index >= 15 is 0 Å². The number of H-pyrrole nitrogens is 1. The third-order valence-electron chi connectivity index (χ3n) is 5.28. The molecule has 1 aromatic carbocycles. The number of aromatic amines is 1. The van der Waals surface area contributed by atoms with Crippen LogP contribution in [-0.4, -0.2) is 28.8 Å². The zero-order valence-corrected chi connectivity index (χ0v) is 16.0. The standard InChI is InChI=1S/C22H28N2O2/c1-4-6-20(25)22-19(7-5-8-21(22)26)23-12-11-16-15(3)24-18-10-9-14(2)13-17(16)18/h9-10,13,22,24H,4-8,11-12H2,1-3H3/t22-/m1/s1. The summed E-state index contributed by atoms with van der Waals surface area (Å²) in [6, 6.07) is 6.44. The second-order valence-electron chi connectivity index (χ2n) is 7.37. The minimum absolute atomic E-state index is 0.0508. The number of Topliss-reactive ketones (excluding diaryl/α,β-unsaturated/α-hetero) is 2. The Kier molecular flexibility index (Phi) is 5.70. The number of carbonyl (C=O) groups excluding carboxylic acids is 2. The molecule has 138 valence electrons. The number of aryl methyl sites for hydroxylation is 2. The van der Waals surface area contributed by atoms with Gasteiger partial charge in [-0.05, 0) is 57.2 Å². The number of hydrogen-bond donors (Lipinski definition) is 1. The number of ketones is 2. The predicted octanol–water partition coefficient (Wildman–Crippen LogP) is 4.51. The molecule has 4 heteroatoms. The number of rotatable bonds is 6. The highest BCUT2D eigenvalue weighted by Gasteiger charge is 2.33. The minimum Gasteiger partial charge on any atom is -0.358 e. The first-order valence-electron chi connectivity index (χ1n) is 9.67. The van der Waals surface area contributed by atoms with E-state index in [2.05, 4.69) is 37.0 Å². The van der Waals surface area contributed by atoms with Crippen molar-refractivity contribution in [3.8, 4) is 0 Å². The molecule has 1 N–H and O–H groups in total. The molecule has 0 aliphatic heterocycles. The van der Waals surface area contributed by atoms with Gasteiger partial charge in [-0.25, -0.2) is 0 Å². The topological polar surface area (TPSA) is 62.3 Å². The van der Waals surface area contributed by atoms with Crippen LogP contribution in [0.1, 0.15) is 55.8 Å². The molecule has 1 aliphatic carbocycles. The molecule has 0 amide bonds. The number of fused-ring (bicyclic) bond motifs is 1. The monoisotopic (exact) mass is 352 g/mol. The molecule has 1 saturated carbocycles. The van der Waals surface area contributed by atoms with Gasteiger partial charge in [-0.15, -0.1) is 0 Å². The van der Waals surface area contributed by atoms with E-state index in [1.165, 1.54) is 22.2 Å². The van der Waals surface area contributed by atoms with Gasteiger partial charge in [0.05, 0.1) is 0 Å². The molecule has 2 aromatic rings. The number of aliphatic imine (C=N–C) groups is 1. The maximum atomic E-state index is 12.4. The van der Waals surface area contributed by atoms with Gasteiger partial charge in [-0.2, -0.15) is 0 Å². The van der Waals surface area contributed by atoms with Crippen molar-refractivity contribution in [2.24, 2.45) is 10.9 Å². The number of carbonyl (C=O) groups is 2. The summed E-state index contributed by atoms with van der Waals surface area (Å²) in [5.74, 6) is -0.461. The summed E-state index contributed by atoms with van der Waals surface area (Å²) in [4.78, 5) is 32.8. The van der Waals surface area contributed by atoms with Crippen molar-refractivity contribution < 1.29 is 9.59 Å². The van der Waals surface area contributed by atoms with Crippen LogP contribution in [0.4, 0.5) is 0 Å². The lowest BCUT2D eigenvalue weighted by atomic mass is 9.82. The largest absolute Gasteiger partial charge is 0.358 e. The number of benzene rings is 1. The van der Waals surface area contributed by atoms with Gasteiger partial charge in [-0.3, -0.25) is 14.6 Å². The smallest absolute Gasteiger partial charge is 0.149 e. The molecule has 1 atom stereocenters. The fourth-order valence-corrected chi connectivity index (χ4v) is 3.97. The van der Waals surface area contributed by atoms with E-state index in [4.69, 9.17) is 4.99 Å². The average molecular weight is 352 g/mol. The molecule has 0 unspecified atom stereocenters. The van der Waals surface area contributed by atoms with Gasteiger partial charge in [0.15, 0.2) is 0 Å². The lowest BCUT2D eigenvalue weighted by Gasteiger charge is -2.22. The highest BCUT2D eigenvalue weighted by molar-refractivity contribution is 6.22. The van der Waals surface area contributed by atoms with E-state index in [1.54, 1.807) is 0 Å². The number of hydrogen-bond acceptors (Lipinski definition) is 3. The van der Waals surface area contributed by atoms with E-state index in [-0.39, 0.29) is 11.6 Å². The predicted molar refractivity (Wildman–Crippen MR) is 106 cm³/mol. The van der Waals surface area contributed by atoms with Crippen molar-refractivity contribution in [2.45, 2.75) is 59.3 Å². The zero-order chi connectivity index (χ0) is 18.7. The van der Waals surface area contributed by atoms with E-state index in [9.17, 15) is 9.59 Å². The van der Waals surface area contributed by atoms with Crippen LogP contribution >= 0.6 is 0 Å². The van der Waals surface area contributed by atoms with Gasteiger partial charge < -0.3 is 4.98 Å². The molecule has 1 aliphatic rings. The normalized spacial score (nSPS) is 19.4. The van der Waals surface area contributed by atoms with Gasteiger partial charge in [0, 0.05) is 41.7 Å². The van der Waals surface area contributed by atoms with Crippen LogP contribution in [0.2, 0.25) is 0 Å². The molecule has 0 bridgehead atoms. The Balaban J connectivity index is 1.78. The quantitative estimate of drug-likeness (QED) is 0.778. The number of nitrogens with one attached hydrogen (secondary N) is 1. The van der Waals surface area contributed by atoms with Crippen molar-refractivity contribution >= 4 is 28.2 Å². The van der Waals surface area contributed by atoms with Crippen molar-refractivity contribution in [1.29, 1.82) is 0 Å². The van der Waals surface area contributed by atoms with Gasteiger partial charge in [0.2, 0.25) is 0 Å². The first-order valence-corrected chi connectivity index (χ1v) is 9.67. The molecule has 4 nitrogen and oxygen atoms in total. The van der Waals surface area contributed by atoms with Crippen LogP contribution in [0.3, 0.4) is 0 Å². The summed E-state index contributed by atoms with van der Waals surface area (Å²) >= 11 is 0. The van der Waals surface area contributed by atoms with Gasteiger partial charge in [0.1, 0.15) is 17.5 Å². The van der Waals surface area contributed by atoms with Gasteiger partial charge in [0.25, 0.3) is 0 Å². The van der Waals surface area contributed by atoms with Crippen LogP contribution in [0.25, 0.3) is 10.9 Å². The second kappa shape index (κ2) is 7.98. The second-order valence-corrected chi connectivity index (χ2v) is 7.37. The Hall–Kier alpha value is -2.23. The Morgan fingerprint density at radius 1 is 1.27 bits per heavy atom. The molecule has 0 radical (unpaired) electrons. The number of aromatic nitrogens is 1. The van der Waals surface area contributed by atoms with E-state index in [0.29, 0.717) is 19.4 Å². The summed E-state index contributed by atoms with van der Waals surface area (Å²) in [6.45, 7) is 6.79. The van der Waals surface area contributed by atoms with Crippen LogP contribution in [0, 0.1) is 19.8 Å². The first-order chi connectivity index (χ1) is 12.5. The van der Waals surface area contributed by atoms with Crippen molar-refractivity contribution in [2.75, 3.05) is 6.54 Å². The van der Waals surface area contributed by atoms with Crippen molar-refractivity contribution in [3.05, 3.63) is 35.0 Å². The summed E-state index contributed by atoms with van der Waals surface area (Å²) in [5, 5.41) is 1.25. The van der Waals surface area contributed by atoms with E-state index in [0.717, 1.165) is 36.9 Å². The average Bonchev–Trinajstić information content (AvgIpc) is 2.90. The molecule has 0 spiro atoms.